The zero-order chi connectivity index (χ0) is 11.1. The van der Waals surface area contributed by atoms with E-state index in [1.165, 1.54) is 0 Å². The molecule has 0 amide bonds. The number of aliphatic hydroxyl groups excluding tert-OH is 1. The van der Waals surface area contributed by atoms with Crippen molar-refractivity contribution in [1.82, 2.24) is 9.97 Å². The lowest BCUT2D eigenvalue weighted by molar-refractivity contribution is 0.282. The maximum Gasteiger partial charge on any atom is 0.222 e. The molecular weight excluding hydrogens is 278 g/mol. The zero-order valence-electron chi connectivity index (χ0n) is 8.48. The molecule has 15 heavy (non-hydrogen) atoms. The summed E-state index contributed by atoms with van der Waals surface area (Å²) >= 11 is 5.01. The van der Waals surface area contributed by atoms with E-state index in [4.69, 9.17) is 5.11 Å². The van der Waals surface area contributed by atoms with Gasteiger partial charge in [0, 0.05) is 30.8 Å². The van der Waals surface area contributed by atoms with Gasteiger partial charge in [-0.15, -0.1) is 0 Å². The van der Waals surface area contributed by atoms with E-state index in [-0.39, 0.29) is 12.6 Å². The Labute approximate surface area is 102 Å². The number of rotatable bonds is 6. The van der Waals surface area contributed by atoms with E-state index in [0.29, 0.717) is 12.4 Å². The van der Waals surface area contributed by atoms with Crippen molar-refractivity contribution in [3.63, 3.8) is 0 Å². The van der Waals surface area contributed by atoms with Gasteiger partial charge < -0.3 is 10.4 Å². The SMILES string of the molecule is CSC[C@@H](CCO)Nc1ncc(Br)cn1. The van der Waals surface area contributed by atoms with Gasteiger partial charge in [-0.2, -0.15) is 11.8 Å². The minimum absolute atomic E-state index is 0.175. The summed E-state index contributed by atoms with van der Waals surface area (Å²) in [4.78, 5) is 8.25. The highest BCUT2D eigenvalue weighted by atomic mass is 79.9. The molecule has 0 unspecified atom stereocenters. The van der Waals surface area contributed by atoms with E-state index < -0.39 is 0 Å². The second kappa shape index (κ2) is 7.03. The molecule has 6 heteroatoms. The highest BCUT2D eigenvalue weighted by Gasteiger charge is 2.08. The normalized spacial score (nSPS) is 12.5. The van der Waals surface area contributed by atoms with Crippen LogP contribution in [-0.2, 0) is 0 Å². The largest absolute Gasteiger partial charge is 0.396 e. The standard InChI is InChI=1S/C9H14BrN3OS/c1-15-6-8(2-3-14)13-9-11-4-7(10)5-12-9/h4-5,8,14H,2-3,6H2,1H3,(H,11,12,13)/t8-/m1/s1. The molecule has 0 bridgehead atoms. The van der Waals surface area contributed by atoms with Crippen LogP contribution in [0.15, 0.2) is 16.9 Å². The summed E-state index contributed by atoms with van der Waals surface area (Å²) < 4.78 is 0.858. The third-order valence-corrected chi connectivity index (χ3v) is 2.94. The predicted octanol–water partition coefficient (Wildman–Crippen LogP) is 1.76. The van der Waals surface area contributed by atoms with Crippen LogP contribution in [0.2, 0.25) is 0 Å². The Morgan fingerprint density at radius 1 is 1.53 bits per heavy atom. The van der Waals surface area contributed by atoms with Crippen molar-refractivity contribution in [3.05, 3.63) is 16.9 Å². The molecule has 0 saturated heterocycles. The first-order valence-corrected chi connectivity index (χ1v) is 6.79. The fraction of sp³-hybridized carbons (Fsp3) is 0.556. The number of aromatic nitrogens is 2. The number of hydrogen-bond donors (Lipinski definition) is 2. The van der Waals surface area contributed by atoms with Crippen LogP contribution in [0.25, 0.3) is 0 Å². The summed E-state index contributed by atoms with van der Waals surface area (Å²) in [6.45, 7) is 0.175. The van der Waals surface area contributed by atoms with E-state index in [1.54, 1.807) is 24.2 Å². The second-order valence-electron chi connectivity index (χ2n) is 3.03. The molecule has 1 rings (SSSR count). The van der Waals surface area contributed by atoms with Gasteiger partial charge in [-0.25, -0.2) is 9.97 Å². The molecule has 0 radical (unpaired) electrons. The van der Waals surface area contributed by atoms with Gasteiger partial charge in [0.15, 0.2) is 0 Å². The molecule has 1 heterocycles. The molecule has 0 saturated carbocycles. The number of nitrogens with one attached hydrogen (secondary N) is 1. The first kappa shape index (κ1) is 12.7. The molecule has 0 aliphatic rings. The third kappa shape index (κ3) is 4.81. The van der Waals surface area contributed by atoms with Gasteiger partial charge in [-0.1, -0.05) is 0 Å². The molecule has 1 aromatic heterocycles. The summed E-state index contributed by atoms with van der Waals surface area (Å²) in [7, 11) is 0. The van der Waals surface area contributed by atoms with Gasteiger partial charge in [-0.3, -0.25) is 0 Å². The van der Waals surface area contributed by atoms with Crippen LogP contribution in [0.3, 0.4) is 0 Å². The van der Waals surface area contributed by atoms with Crippen molar-refractivity contribution >= 4 is 33.6 Å². The molecule has 0 aromatic carbocycles. The number of aliphatic hydroxyl groups is 1. The lowest BCUT2D eigenvalue weighted by Gasteiger charge is -2.16. The minimum Gasteiger partial charge on any atom is -0.396 e. The van der Waals surface area contributed by atoms with Crippen LogP contribution < -0.4 is 5.32 Å². The Balaban J connectivity index is 2.53. The fourth-order valence-corrected chi connectivity index (χ4v) is 1.98. The number of hydrogen-bond acceptors (Lipinski definition) is 5. The average molecular weight is 292 g/mol. The summed E-state index contributed by atoms with van der Waals surface area (Å²) in [6.07, 6.45) is 6.14. The molecule has 1 atom stereocenters. The van der Waals surface area contributed by atoms with Gasteiger partial charge in [0.05, 0.1) is 4.47 Å². The minimum atomic E-state index is 0.175. The first-order chi connectivity index (χ1) is 7.26. The summed E-state index contributed by atoms with van der Waals surface area (Å²) in [5, 5.41) is 12.1. The van der Waals surface area contributed by atoms with Gasteiger partial charge in [0.1, 0.15) is 0 Å². The lowest BCUT2D eigenvalue weighted by Crippen LogP contribution is -2.24. The second-order valence-corrected chi connectivity index (χ2v) is 4.86. The third-order valence-electron chi connectivity index (χ3n) is 1.80. The molecule has 0 aliphatic carbocycles. The monoisotopic (exact) mass is 291 g/mol. The molecule has 84 valence electrons. The van der Waals surface area contributed by atoms with Gasteiger partial charge in [0.2, 0.25) is 5.95 Å². The Hall–Kier alpha value is -0.330. The Morgan fingerprint density at radius 2 is 2.20 bits per heavy atom. The molecular formula is C9H14BrN3OS. The summed E-state index contributed by atoms with van der Waals surface area (Å²) in [5.74, 6) is 1.53. The molecule has 0 spiro atoms. The lowest BCUT2D eigenvalue weighted by atomic mass is 10.2. The van der Waals surface area contributed by atoms with Crippen LogP contribution in [-0.4, -0.2) is 39.7 Å². The molecule has 1 aromatic rings. The van der Waals surface area contributed by atoms with Crippen molar-refractivity contribution in [2.45, 2.75) is 12.5 Å². The maximum atomic E-state index is 8.89. The molecule has 0 fully saturated rings. The highest BCUT2D eigenvalue weighted by molar-refractivity contribution is 9.10. The first-order valence-electron chi connectivity index (χ1n) is 4.60. The van der Waals surface area contributed by atoms with Crippen molar-refractivity contribution < 1.29 is 5.11 Å². The van der Waals surface area contributed by atoms with E-state index in [0.717, 1.165) is 10.2 Å². The summed E-state index contributed by atoms with van der Waals surface area (Å²) in [5.41, 5.74) is 0. The van der Waals surface area contributed by atoms with Crippen molar-refractivity contribution in [2.24, 2.45) is 0 Å². The Kier molecular flexibility index (Phi) is 5.97. The predicted molar refractivity (Wildman–Crippen MR) is 67.2 cm³/mol. The molecule has 2 N–H and O–H groups in total. The average Bonchev–Trinajstić information content (AvgIpc) is 2.22. The van der Waals surface area contributed by atoms with Crippen molar-refractivity contribution in [1.29, 1.82) is 0 Å². The number of anilines is 1. The van der Waals surface area contributed by atoms with Crippen LogP contribution >= 0.6 is 27.7 Å². The number of nitrogens with zero attached hydrogens (tertiary/aromatic N) is 2. The topological polar surface area (TPSA) is 58.0 Å². The number of halogens is 1. The molecule has 4 nitrogen and oxygen atoms in total. The fourth-order valence-electron chi connectivity index (χ4n) is 1.12. The Bertz CT molecular complexity index is 277. The number of thioether (sulfide) groups is 1. The van der Waals surface area contributed by atoms with Gasteiger partial charge in [0.25, 0.3) is 0 Å². The van der Waals surface area contributed by atoms with E-state index in [2.05, 4.69) is 31.2 Å². The highest BCUT2D eigenvalue weighted by Crippen LogP contribution is 2.10. The summed E-state index contributed by atoms with van der Waals surface area (Å²) in [6, 6.07) is 0.214. The Morgan fingerprint density at radius 3 is 2.73 bits per heavy atom. The zero-order valence-corrected chi connectivity index (χ0v) is 10.9. The van der Waals surface area contributed by atoms with Crippen LogP contribution in [0.4, 0.5) is 5.95 Å². The van der Waals surface area contributed by atoms with E-state index in [9.17, 15) is 0 Å². The van der Waals surface area contributed by atoms with E-state index in [1.807, 2.05) is 6.26 Å². The van der Waals surface area contributed by atoms with Gasteiger partial charge in [-0.05, 0) is 28.6 Å². The van der Waals surface area contributed by atoms with Crippen LogP contribution in [0.5, 0.6) is 0 Å². The van der Waals surface area contributed by atoms with E-state index >= 15 is 0 Å². The molecule has 0 aliphatic heterocycles. The van der Waals surface area contributed by atoms with Crippen molar-refractivity contribution in [3.8, 4) is 0 Å². The van der Waals surface area contributed by atoms with Crippen LogP contribution in [0.1, 0.15) is 6.42 Å². The van der Waals surface area contributed by atoms with Crippen molar-refractivity contribution in [2.75, 3.05) is 23.9 Å². The maximum absolute atomic E-state index is 8.89. The smallest absolute Gasteiger partial charge is 0.222 e. The quantitative estimate of drug-likeness (QED) is 0.837. The van der Waals surface area contributed by atoms with Gasteiger partial charge >= 0.3 is 0 Å². The van der Waals surface area contributed by atoms with Crippen LogP contribution in [0, 0.1) is 0 Å².